The average molecular weight is 378 g/mol. The van der Waals surface area contributed by atoms with Gasteiger partial charge < -0.3 is 15.4 Å². The van der Waals surface area contributed by atoms with Crippen molar-refractivity contribution in [3.8, 4) is 11.5 Å². The van der Waals surface area contributed by atoms with Gasteiger partial charge in [-0.05, 0) is 23.8 Å². The molecule has 0 saturated heterocycles. The first-order chi connectivity index (χ1) is 13.1. The van der Waals surface area contributed by atoms with E-state index in [2.05, 4.69) is 20.3 Å². The topological polar surface area (TPSA) is 108 Å². The molecule has 0 fully saturated rings. The van der Waals surface area contributed by atoms with Crippen LogP contribution in [0.3, 0.4) is 0 Å². The third-order valence-electron chi connectivity index (χ3n) is 3.98. The van der Waals surface area contributed by atoms with Gasteiger partial charge in [-0.2, -0.15) is 0 Å². The molecule has 1 amide bonds. The van der Waals surface area contributed by atoms with E-state index in [1.165, 1.54) is 17.4 Å². The number of carboxylic acids is 1. The highest BCUT2D eigenvalue weighted by molar-refractivity contribution is 7.14. The molecule has 0 atom stereocenters. The van der Waals surface area contributed by atoms with Crippen LogP contribution in [0.4, 0.5) is 5.13 Å². The van der Waals surface area contributed by atoms with Crippen LogP contribution in [-0.2, 0) is 11.2 Å². The second-order valence-corrected chi connectivity index (χ2v) is 6.69. The number of nitrogens with one attached hydrogen (secondary N) is 2. The second kappa shape index (κ2) is 7.00. The Kier molecular flexibility index (Phi) is 4.39. The van der Waals surface area contributed by atoms with E-state index in [-0.39, 0.29) is 17.9 Å². The standard InChI is InChI=1S/C19H14N4O3S/c24-16(9-11-5-1-2-6-12(11)18(25)26)23-19-22-15(10-27-19)17-20-13-7-3-4-8-14(13)21-17/h1-8,10H,9H2,(H,20,21)(H,25,26)(H,22,23,24). The molecule has 0 bridgehead atoms. The van der Waals surface area contributed by atoms with Crippen molar-refractivity contribution in [3.63, 3.8) is 0 Å². The summed E-state index contributed by atoms with van der Waals surface area (Å²) in [7, 11) is 0. The van der Waals surface area contributed by atoms with E-state index in [9.17, 15) is 14.7 Å². The molecule has 2 aromatic heterocycles. The van der Waals surface area contributed by atoms with Gasteiger partial charge in [-0.3, -0.25) is 4.79 Å². The highest BCUT2D eigenvalue weighted by atomic mass is 32.1. The fourth-order valence-corrected chi connectivity index (χ4v) is 3.44. The lowest BCUT2D eigenvalue weighted by Crippen LogP contribution is -2.16. The van der Waals surface area contributed by atoms with Crippen LogP contribution in [0.1, 0.15) is 15.9 Å². The smallest absolute Gasteiger partial charge is 0.335 e. The SMILES string of the molecule is O=C(Cc1ccccc1C(=O)O)Nc1nc(-c2nc3ccccc3[nH]2)cs1. The Labute approximate surface area is 157 Å². The molecule has 4 rings (SSSR count). The lowest BCUT2D eigenvalue weighted by molar-refractivity contribution is -0.115. The summed E-state index contributed by atoms with van der Waals surface area (Å²) in [5.74, 6) is -0.752. The van der Waals surface area contributed by atoms with E-state index in [4.69, 9.17) is 0 Å². The van der Waals surface area contributed by atoms with E-state index in [0.29, 0.717) is 22.2 Å². The number of hydrogen-bond donors (Lipinski definition) is 3. The number of para-hydroxylation sites is 2. The Morgan fingerprint density at radius 1 is 1.07 bits per heavy atom. The number of nitrogens with zero attached hydrogens (tertiary/aromatic N) is 2. The Balaban J connectivity index is 1.49. The molecule has 3 N–H and O–H groups in total. The minimum absolute atomic E-state index is 0.0397. The number of rotatable bonds is 5. The third kappa shape index (κ3) is 3.56. The van der Waals surface area contributed by atoms with Crippen LogP contribution in [0.25, 0.3) is 22.6 Å². The number of anilines is 1. The Morgan fingerprint density at radius 3 is 2.67 bits per heavy atom. The fraction of sp³-hybridized carbons (Fsp3) is 0.0526. The van der Waals surface area contributed by atoms with Crippen molar-refractivity contribution in [2.45, 2.75) is 6.42 Å². The maximum atomic E-state index is 12.3. The molecule has 27 heavy (non-hydrogen) atoms. The number of carboxylic acid groups (broad SMARTS) is 1. The molecule has 0 unspecified atom stereocenters. The lowest BCUT2D eigenvalue weighted by atomic mass is 10.0. The van der Waals surface area contributed by atoms with Crippen LogP contribution in [0, 0.1) is 0 Å². The Morgan fingerprint density at radius 2 is 1.85 bits per heavy atom. The molecular weight excluding hydrogens is 364 g/mol. The molecule has 4 aromatic rings. The molecule has 0 aliphatic heterocycles. The fourth-order valence-electron chi connectivity index (χ4n) is 2.73. The van der Waals surface area contributed by atoms with Gasteiger partial charge in [0.2, 0.25) is 5.91 Å². The van der Waals surface area contributed by atoms with Gasteiger partial charge in [0.15, 0.2) is 11.0 Å². The highest BCUT2D eigenvalue weighted by Crippen LogP contribution is 2.25. The predicted octanol–water partition coefficient (Wildman–Crippen LogP) is 3.57. The van der Waals surface area contributed by atoms with Crippen LogP contribution in [0.15, 0.2) is 53.9 Å². The number of fused-ring (bicyclic) bond motifs is 1. The number of amides is 1. The normalized spacial score (nSPS) is 10.8. The molecule has 0 aliphatic carbocycles. The first-order valence-electron chi connectivity index (χ1n) is 8.12. The molecule has 0 aliphatic rings. The van der Waals surface area contributed by atoms with Gasteiger partial charge in [-0.25, -0.2) is 14.8 Å². The molecule has 7 nitrogen and oxygen atoms in total. The van der Waals surface area contributed by atoms with Gasteiger partial charge in [0, 0.05) is 5.38 Å². The molecule has 8 heteroatoms. The quantitative estimate of drug-likeness (QED) is 0.492. The van der Waals surface area contributed by atoms with Crippen molar-refractivity contribution >= 4 is 39.4 Å². The van der Waals surface area contributed by atoms with Crippen molar-refractivity contribution in [2.75, 3.05) is 5.32 Å². The van der Waals surface area contributed by atoms with Gasteiger partial charge >= 0.3 is 5.97 Å². The second-order valence-electron chi connectivity index (χ2n) is 5.83. The summed E-state index contributed by atoms with van der Waals surface area (Å²) in [6.07, 6.45) is -0.0397. The molecule has 134 valence electrons. The minimum atomic E-state index is -1.06. The van der Waals surface area contributed by atoms with Crippen molar-refractivity contribution in [3.05, 3.63) is 65.0 Å². The van der Waals surface area contributed by atoms with Crippen molar-refractivity contribution < 1.29 is 14.7 Å². The predicted molar refractivity (Wildman–Crippen MR) is 103 cm³/mol. The average Bonchev–Trinajstić information content (AvgIpc) is 3.28. The maximum absolute atomic E-state index is 12.3. The summed E-state index contributed by atoms with van der Waals surface area (Å²) in [5.41, 5.74) is 2.97. The van der Waals surface area contributed by atoms with E-state index < -0.39 is 5.97 Å². The summed E-state index contributed by atoms with van der Waals surface area (Å²) < 4.78 is 0. The molecule has 0 spiro atoms. The monoisotopic (exact) mass is 378 g/mol. The van der Waals surface area contributed by atoms with Gasteiger partial charge in [0.25, 0.3) is 0 Å². The van der Waals surface area contributed by atoms with Gasteiger partial charge in [-0.1, -0.05) is 30.3 Å². The van der Waals surface area contributed by atoms with E-state index in [0.717, 1.165) is 11.0 Å². The summed E-state index contributed by atoms with van der Waals surface area (Å²) in [6, 6.07) is 14.1. The summed E-state index contributed by atoms with van der Waals surface area (Å²) in [5, 5.41) is 14.2. The molecule has 0 radical (unpaired) electrons. The van der Waals surface area contributed by atoms with E-state index in [1.807, 2.05) is 24.3 Å². The maximum Gasteiger partial charge on any atom is 0.335 e. The number of aromatic amines is 1. The lowest BCUT2D eigenvalue weighted by Gasteiger charge is -2.05. The summed E-state index contributed by atoms with van der Waals surface area (Å²) >= 11 is 1.28. The Bertz CT molecular complexity index is 1120. The van der Waals surface area contributed by atoms with Gasteiger partial charge in [0.1, 0.15) is 5.69 Å². The van der Waals surface area contributed by atoms with Crippen LogP contribution in [-0.4, -0.2) is 31.9 Å². The van der Waals surface area contributed by atoms with Crippen LogP contribution in [0.2, 0.25) is 0 Å². The van der Waals surface area contributed by atoms with Crippen molar-refractivity contribution in [2.24, 2.45) is 0 Å². The minimum Gasteiger partial charge on any atom is -0.478 e. The number of carbonyl (C=O) groups is 2. The van der Waals surface area contributed by atoms with Crippen molar-refractivity contribution in [1.29, 1.82) is 0 Å². The van der Waals surface area contributed by atoms with Gasteiger partial charge in [-0.15, -0.1) is 11.3 Å². The number of aromatic nitrogens is 3. The first-order valence-corrected chi connectivity index (χ1v) is 9.00. The zero-order valence-corrected chi connectivity index (χ0v) is 14.8. The molecule has 2 heterocycles. The van der Waals surface area contributed by atoms with E-state index >= 15 is 0 Å². The van der Waals surface area contributed by atoms with Crippen LogP contribution >= 0.6 is 11.3 Å². The van der Waals surface area contributed by atoms with Crippen LogP contribution < -0.4 is 5.32 Å². The third-order valence-corrected chi connectivity index (χ3v) is 4.74. The highest BCUT2D eigenvalue weighted by Gasteiger charge is 2.15. The molecule has 2 aromatic carbocycles. The largest absolute Gasteiger partial charge is 0.478 e. The van der Waals surface area contributed by atoms with Crippen molar-refractivity contribution in [1.82, 2.24) is 15.0 Å². The van der Waals surface area contributed by atoms with E-state index in [1.54, 1.807) is 23.6 Å². The number of carbonyl (C=O) groups excluding carboxylic acids is 1. The summed E-state index contributed by atoms with van der Waals surface area (Å²) in [4.78, 5) is 35.6. The van der Waals surface area contributed by atoms with Gasteiger partial charge in [0.05, 0.1) is 23.0 Å². The zero-order chi connectivity index (χ0) is 18.8. The first kappa shape index (κ1) is 16.9. The van der Waals surface area contributed by atoms with Crippen LogP contribution in [0.5, 0.6) is 0 Å². The number of aromatic carboxylic acids is 1. The summed E-state index contributed by atoms with van der Waals surface area (Å²) in [6.45, 7) is 0. The molecular formula is C19H14N4O3S. The number of benzene rings is 2. The number of thiazole rings is 1. The Hall–Kier alpha value is -3.52. The molecule has 0 saturated carbocycles. The number of H-pyrrole nitrogens is 1. The number of hydrogen-bond acceptors (Lipinski definition) is 5. The number of imidazole rings is 1. The zero-order valence-electron chi connectivity index (χ0n) is 14.0.